The lowest BCUT2D eigenvalue weighted by Crippen LogP contribution is -2.47. The number of rotatable bonds is 18. The number of non-ortho nitro benzene ring substituents is 1. The Balaban J connectivity index is 1.17. The summed E-state index contributed by atoms with van der Waals surface area (Å²) in [5, 5.41) is 20.5. The zero-order valence-electron chi connectivity index (χ0n) is 27.3. The van der Waals surface area contributed by atoms with E-state index in [1.54, 1.807) is 24.3 Å². The van der Waals surface area contributed by atoms with Crippen LogP contribution in [0.5, 0.6) is 0 Å². The van der Waals surface area contributed by atoms with Crippen molar-refractivity contribution in [3.8, 4) is 0 Å². The molecular formula is C34H42N10O5. The maximum atomic E-state index is 12.6. The monoisotopic (exact) mass is 670 g/mol. The fourth-order valence-electron chi connectivity index (χ4n) is 5.09. The van der Waals surface area contributed by atoms with Crippen LogP contribution in [0, 0.1) is 10.1 Å². The number of nitrogens with zero attached hydrogens (tertiary/aromatic N) is 6. The Bertz CT molecular complexity index is 1620. The third-order valence-electron chi connectivity index (χ3n) is 7.74. The van der Waals surface area contributed by atoms with Crippen LogP contribution in [0.1, 0.15) is 21.5 Å². The first-order chi connectivity index (χ1) is 24.0. The van der Waals surface area contributed by atoms with Gasteiger partial charge in [-0.25, -0.2) is 0 Å². The summed E-state index contributed by atoms with van der Waals surface area (Å²) in [6.45, 7) is 6.42. The number of nitro benzene ring substituents is 1. The van der Waals surface area contributed by atoms with E-state index in [1.807, 2.05) is 42.5 Å². The third kappa shape index (κ3) is 10.8. The number of aromatic nitrogens is 3. The Morgan fingerprint density at radius 3 is 1.96 bits per heavy atom. The lowest BCUT2D eigenvalue weighted by Gasteiger charge is -2.36. The largest absolute Gasteiger partial charge is 0.378 e. The Kier molecular flexibility index (Phi) is 13.0. The van der Waals surface area contributed by atoms with Gasteiger partial charge in [0.15, 0.2) is 0 Å². The Hall–Kier alpha value is -5.38. The minimum atomic E-state index is -0.394. The summed E-state index contributed by atoms with van der Waals surface area (Å²) >= 11 is 0. The van der Waals surface area contributed by atoms with Crippen molar-refractivity contribution in [3.05, 3.63) is 106 Å². The minimum absolute atomic E-state index is 0.0722. The van der Waals surface area contributed by atoms with E-state index >= 15 is 0 Å². The Morgan fingerprint density at radius 1 is 0.755 bits per heavy atom. The van der Waals surface area contributed by atoms with Gasteiger partial charge in [0.2, 0.25) is 17.8 Å². The molecule has 4 aromatic rings. The van der Waals surface area contributed by atoms with Crippen molar-refractivity contribution < 1.29 is 19.2 Å². The van der Waals surface area contributed by atoms with Crippen molar-refractivity contribution in [1.29, 1.82) is 0 Å². The Labute approximate surface area is 285 Å². The molecule has 5 N–H and O–H groups in total. The molecule has 3 aromatic carbocycles. The molecule has 2 heterocycles. The van der Waals surface area contributed by atoms with Crippen molar-refractivity contribution in [1.82, 2.24) is 20.3 Å². The first-order valence-corrected chi connectivity index (χ1v) is 16.2. The van der Waals surface area contributed by atoms with Crippen LogP contribution in [0.3, 0.4) is 0 Å². The Morgan fingerprint density at radius 2 is 1.35 bits per heavy atom. The fraction of sp³-hybridized carbons (Fsp3) is 0.353. The molecule has 1 amide bonds. The van der Waals surface area contributed by atoms with Gasteiger partial charge in [0.05, 0.1) is 31.4 Å². The van der Waals surface area contributed by atoms with Crippen LogP contribution in [-0.4, -0.2) is 91.5 Å². The molecule has 0 atom stereocenters. The number of carbonyl (C=O) groups excluding carboxylic acids is 1. The van der Waals surface area contributed by atoms with Crippen molar-refractivity contribution in [3.63, 3.8) is 0 Å². The van der Waals surface area contributed by atoms with Crippen LogP contribution < -0.4 is 31.5 Å². The standard InChI is InChI=1S/C34H42N10O5/c35-14-20-48-22-23-49-21-15-36-31(45)28-8-6-27(7-9-28)25-38-33-39-32(37-24-26-4-2-1-3-5-26)40-34(41-33)43-18-16-42(17-19-43)29-10-12-30(13-11-29)44(46)47/h1-13H,14-25,35H2,(H,36,45)(H2,37,38,39,40,41). The van der Waals surface area contributed by atoms with Crippen LogP contribution >= 0.6 is 0 Å². The summed E-state index contributed by atoms with van der Waals surface area (Å²) < 4.78 is 10.7. The quantitative estimate of drug-likeness (QED) is 0.0688. The minimum Gasteiger partial charge on any atom is -0.378 e. The molecule has 0 spiro atoms. The summed E-state index contributed by atoms with van der Waals surface area (Å²) in [6, 6.07) is 24.0. The van der Waals surface area contributed by atoms with E-state index in [0.29, 0.717) is 102 Å². The molecule has 0 radical (unpaired) electrons. The number of nitro groups is 1. The number of hydrogen-bond donors (Lipinski definition) is 4. The second kappa shape index (κ2) is 18.2. The van der Waals surface area contributed by atoms with Crippen molar-refractivity contribution in [2.45, 2.75) is 13.1 Å². The number of nitrogens with one attached hydrogen (secondary N) is 3. The first-order valence-electron chi connectivity index (χ1n) is 16.2. The van der Waals surface area contributed by atoms with Crippen LogP contribution in [0.15, 0.2) is 78.9 Å². The predicted octanol–water partition coefficient (Wildman–Crippen LogP) is 3.05. The number of carbonyl (C=O) groups is 1. The number of anilines is 4. The number of piperazine rings is 1. The maximum Gasteiger partial charge on any atom is 0.269 e. The van der Waals surface area contributed by atoms with Gasteiger partial charge >= 0.3 is 0 Å². The molecule has 0 saturated carbocycles. The number of hydrogen-bond acceptors (Lipinski definition) is 13. The maximum absolute atomic E-state index is 12.6. The predicted molar refractivity (Wildman–Crippen MR) is 188 cm³/mol. The van der Waals surface area contributed by atoms with Crippen LogP contribution in [0.4, 0.5) is 29.2 Å². The van der Waals surface area contributed by atoms with E-state index in [9.17, 15) is 14.9 Å². The van der Waals surface area contributed by atoms with E-state index in [1.165, 1.54) is 12.1 Å². The van der Waals surface area contributed by atoms with Gasteiger partial charge in [0.25, 0.3) is 11.6 Å². The topological polar surface area (TPSA) is 186 Å². The lowest BCUT2D eigenvalue weighted by atomic mass is 10.1. The molecule has 15 heteroatoms. The smallest absolute Gasteiger partial charge is 0.269 e. The summed E-state index contributed by atoms with van der Waals surface area (Å²) in [4.78, 5) is 41.6. The normalized spacial score (nSPS) is 12.8. The highest BCUT2D eigenvalue weighted by Gasteiger charge is 2.21. The highest BCUT2D eigenvalue weighted by molar-refractivity contribution is 5.94. The SMILES string of the molecule is NCCOCCOCCNC(=O)c1ccc(CNc2nc(NCc3ccccc3)nc(N3CCN(c4ccc([N+](=O)[O-])cc4)CC3)n2)cc1. The average Bonchev–Trinajstić information content (AvgIpc) is 3.15. The van der Waals surface area contributed by atoms with E-state index in [0.717, 1.165) is 16.8 Å². The molecule has 15 nitrogen and oxygen atoms in total. The van der Waals surface area contributed by atoms with Gasteiger partial charge in [-0.05, 0) is 35.4 Å². The second-order valence-electron chi connectivity index (χ2n) is 11.2. The van der Waals surface area contributed by atoms with Crippen molar-refractivity contribution >= 4 is 35.1 Å². The summed E-state index contributed by atoms with van der Waals surface area (Å²) in [5.41, 5.74) is 8.99. The van der Waals surface area contributed by atoms with E-state index in [4.69, 9.17) is 25.2 Å². The average molecular weight is 671 g/mol. The molecule has 0 aliphatic carbocycles. The summed E-state index contributed by atoms with van der Waals surface area (Å²) in [5.74, 6) is 1.25. The van der Waals surface area contributed by atoms with Gasteiger partial charge in [-0.1, -0.05) is 42.5 Å². The second-order valence-corrected chi connectivity index (χ2v) is 11.2. The number of amides is 1. The molecule has 1 aromatic heterocycles. The first kappa shape index (κ1) is 34.9. The van der Waals surface area contributed by atoms with Gasteiger partial charge in [-0.2, -0.15) is 15.0 Å². The number of benzene rings is 3. The van der Waals surface area contributed by atoms with Crippen LogP contribution in [0.2, 0.25) is 0 Å². The molecule has 1 aliphatic heterocycles. The molecule has 1 fully saturated rings. The summed E-state index contributed by atoms with van der Waals surface area (Å²) in [6.07, 6.45) is 0. The molecule has 1 aliphatic rings. The van der Waals surface area contributed by atoms with Gasteiger partial charge < -0.3 is 41.0 Å². The highest BCUT2D eigenvalue weighted by Crippen LogP contribution is 2.23. The van der Waals surface area contributed by atoms with Crippen molar-refractivity contribution in [2.75, 3.05) is 86.1 Å². The van der Waals surface area contributed by atoms with E-state index in [2.05, 4.69) is 30.7 Å². The lowest BCUT2D eigenvalue weighted by molar-refractivity contribution is -0.384. The molecule has 49 heavy (non-hydrogen) atoms. The third-order valence-corrected chi connectivity index (χ3v) is 7.74. The van der Waals surface area contributed by atoms with Gasteiger partial charge in [-0.3, -0.25) is 14.9 Å². The van der Waals surface area contributed by atoms with E-state index < -0.39 is 4.92 Å². The summed E-state index contributed by atoms with van der Waals surface area (Å²) in [7, 11) is 0. The van der Waals surface area contributed by atoms with Crippen molar-refractivity contribution in [2.24, 2.45) is 5.73 Å². The fourth-order valence-corrected chi connectivity index (χ4v) is 5.09. The molecule has 258 valence electrons. The number of ether oxygens (including phenoxy) is 2. The molecule has 0 bridgehead atoms. The highest BCUT2D eigenvalue weighted by atomic mass is 16.6. The molecular weight excluding hydrogens is 628 g/mol. The van der Waals surface area contributed by atoms with E-state index in [-0.39, 0.29) is 11.6 Å². The number of nitrogens with two attached hydrogens (primary N) is 1. The zero-order chi connectivity index (χ0) is 34.3. The van der Waals surface area contributed by atoms with Crippen LogP contribution in [0.25, 0.3) is 0 Å². The van der Waals surface area contributed by atoms with Gasteiger partial charge in [0, 0.05) is 75.7 Å². The molecule has 1 saturated heterocycles. The molecule has 5 rings (SSSR count). The zero-order valence-corrected chi connectivity index (χ0v) is 27.3. The molecule has 0 unspecified atom stereocenters. The van der Waals surface area contributed by atoms with Gasteiger partial charge in [0.1, 0.15) is 0 Å². The van der Waals surface area contributed by atoms with Gasteiger partial charge in [-0.15, -0.1) is 0 Å². The van der Waals surface area contributed by atoms with Crippen LogP contribution in [-0.2, 0) is 22.6 Å².